The highest BCUT2D eigenvalue weighted by molar-refractivity contribution is 5.66. The molecule has 0 radical (unpaired) electrons. The summed E-state index contributed by atoms with van der Waals surface area (Å²) in [6.45, 7) is 2.33. The second kappa shape index (κ2) is 31.3. The Morgan fingerprint density at radius 3 is 1.19 bits per heavy atom. The quantitative estimate of drug-likeness (QED) is 0.0369. The summed E-state index contributed by atoms with van der Waals surface area (Å²) in [5.74, 6) is 4.49. The summed E-state index contributed by atoms with van der Waals surface area (Å²) in [4.78, 5) is 0. The standard InChI is InChI=1S/C43H70O14/c1-33-38(51-9)42(56-31-48-6)35(43(57-32-49-7)39(33)53-28-45-3)25-23-21-19-17-15-13-11-10-12-14-16-18-20-22-24-34-40(54-29-46-4)36(50-8)26-37(52-27-44-2)41(34)55-30-47-5/h10-11,26H,12-25,27-32H2,1-9H3/b11-10-. The molecule has 0 aliphatic rings. The first kappa shape index (κ1) is 49.5. The Morgan fingerprint density at radius 1 is 0.368 bits per heavy atom. The van der Waals surface area contributed by atoms with Crippen LogP contribution in [0.5, 0.6) is 46.0 Å². The molecule has 0 heterocycles. The summed E-state index contributed by atoms with van der Waals surface area (Å²) in [5.41, 5.74) is 2.47. The molecule has 326 valence electrons. The van der Waals surface area contributed by atoms with Crippen LogP contribution in [0.2, 0.25) is 0 Å². The largest absolute Gasteiger partial charge is 0.493 e. The predicted molar refractivity (Wildman–Crippen MR) is 218 cm³/mol. The number of ether oxygens (including phenoxy) is 14. The van der Waals surface area contributed by atoms with E-state index in [9.17, 15) is 0 Å². The van der Waals surface area contributed by atoms with Crippen LogP contribution < -0.4 is 37.9 Å². The topological polar surface area (TPSA) is 129 Å². The normalized spacial score (nSPS) is 11.2. The predicted octanol–water partition coefficient (Wildman–Crippen LogP) is 8.93. The van der Waals surface area contributed by atoms with Gasteiger partial charge in [0.15, 0.2) is 86.8 Å². The average molecular weight is 811 g/mol. The number of rotatable bonds is 36. The zero-order valence-electron chi connectivity index (χ0n) is 36.1. The molecule has 57 heavy (non-hydrogen) atoms. The first-order valence-corrected chi connectivity index (χ1v) is 19.8. The van der Waals surface area contributed by atoms with Crippen LogP contribution in [0.25, 0.3) is 0 Å². The number of unbranched alkanes of at least 4 members (excludes halogenated alkanes) is 10. The molecule has 0 aromatic heterocycles. The third-order valence-electron chi connectivity index (χ3n) is 9.02. The van der Waals surface area contributed by atoms with Crippen LogP contribution in [-0.4, -0.2) is 97.6 Å². The third-order valence-corrected chi connectivity index (χ3v) is 9.02. The molecular weight excluding hydrogens is 740 g/mol. The summed E-state index contributed by atoms with van der Waals surface area (Å²) in [6, 6.07) is 1.74. The van der Waals surface area contributed by atoms with Gasteiger partial charge in [-0.2, -0.15) is 0 Å². The maximum atomic E-state index is 6.04. The lowest BCUT2D eigenvalue weighted by atomic mass is 9.99. The van der Waals surface area contributed by atoms with E-state index in [0.717, 1.165) is 80.9 Å². The van der Waals surface area contributed by atoms with E-state index in [1.807, 2.05) is 6.92 Å². The SMILES string of the molecule is COCOc1cc(OC)c(OCOC)c(CCCCCCC/C=C\CCCCCCCc2c(OCOC)c(OC)c(C)c(OCOC)c2OCOC)c1OCOC. The van der Waals surface area contributed by atoms with Gasteiger partial charge in [-0.3, -0.25) is 0 Å². The molecule has 2 aromatic carbocycles. The molecule has 0 unspecified atom stereocenters. The van der Waals surface area contributed by atoms with Gasteiger partial charge in [0.1, 0.15) is 0 Å². The van der Waals surface area contributed by atoms with Crippen LogP contribution in [0, 0.1) is 6.92 Å². The van der Waals surface area contributed by atoms with Crippen LogP contribution in [0.1, 0.15) is 93.7 Å². The van der Waals surface area contributed by atoms with Gasteiger partial charge in [0.2, 0.25) is 0 Å². The van der Waals surface area contributed by atoms with Crippen molar-refractivity contribution in [3.63, 3.8) is 0 Å². The maximum absolute atomic E-state index is 6.04. The Morgan fingerprint density at radius 2 is 0.737 bits per heavy atom. The molecule has 2 aromatic rings. The molecule has 0 aliphatic carbocycles. The van der Waals surface area contributed by atoms with Gasteiger partial charge >= 0.3 is 0 Å². The van der Waals surface area contributed by atoms with Crippen molar-refractivity contribution in [2.45, 2.75) is 96.8 Å². The van der Waals surface area contributed by atoms with Crippen LogP contribution in [0.15, 0.2) is 18.2 Å². The third kappa shape index (κ3) is 17.4. The Hall–Kier alpha value is -3.66. The molecule has 0 N–H and O–H groups in total. The summed E-state index contributed by atoms with van der Waals surface area (Å²) in [5, 5.41) is 0. The Labute approximate surface area is 341 Å². The second-order valence-corrected chi connectivity index (χ2v) is 13.2. The fraction of sp³-hybridized carbons (Fsp3) is 0.674. The maximum Gasteiger partial charge on any atom is 0.188 e. The van der Waals surface area contributed by atoms with Crippen molar-refractivity contribution in [2.75, 3.05) is 97.6 Å². The summed E-state index contributed by atoms with van der Waals surface area (Å²) in [6.07, 6.45) is 19.3. The lowest BCUT2D eigenvalue weighted by Crippen LogP contribution is -2.12. The van der Waals surface area contributed by atoms with Crippen molar-refractivity contribution in [2.24, 2.45) is 0 Å². The number of methoxy groups -OCH3 is 8. The van der Waals surface area contributed by atoms with Crippen molar-refractivity contribution in [1.82, 2.24) is 0 Å². The van der Waals surface area contributed by atoms with E-state index in [1.54, 1.807) is 62.9 Å². The molecule has 14 nitrogen and oxygen atoms in total. The number of allylic oxidation sites excluding steroid dienone is 2. The molecule has 0 saturated heterocycles. The molecule has 0 atom stereocenters. The lowest BCUT2D eigenvalue weighted by molar-refractivity contribution is 0.0287. The molecular formula is C43H70O14. The zero-order valence-corrected chi connectivity index (χ0v) is 36.1. The second-order valence-electron chi connectivity index (χ2n) is 13.2. The molecule has 0 aliphatic heterocycles. The smallest absolute Gasteiger partial charge is 0.188 e. The minimum atomic E-state index is 0.0672. The van der Waals surface area contributed by atoms with E-state index in [4.69, 9.17) is 66.3 Å². The van der Waals surface area contributed by atoms with Crippen LogP contribution in [-0.2, 0) is 41.3 Å². The van der Waals surface area contributed by atoms with E-state index in [2.05, 4.69) is 12.2 Å². The van der Waals surface area contributed by atoms with Crippen molar-refractivity contribution in [1.29, 1.82) is 0 Å². The van der Waals surface area contributed by atoms with E-state index < -0.39 is 0 Å². The van der Waals surface area contributed by atoms with Crippen LogP contribution in [0.4, 0.5) is 0 Å². The zero-order chi connectivity index (χ0) is 41.5. The summed E-state index contributed by atoms with van der Waals surface area (Å²) in [7, 11) is 12.7. The van der Waals surface area contributed by atoms with Crippen LogP contribution in [0.3, 0.4) is 0 Å². The number of benzene rings is 2. The summed E-state index contributed by atoms with van der Waals surface area (Å²) < 4.78 is 78.3. The number of hydrogen-bond acceptors (Lipinski definition) is 14. The minimum absolute atomic E-state index is 0.0672. The minimum Gasteiger partial charge on any atom is -0.493 e. The van der Waals surface area contributed by atoms with Gasteiger partial charge in [0.05, 0.1) is 14.2 Å². The van der Waals surface area contributed by atoms with E-state index in [1.165, 1.54) is 25.7 Å². The lowest BCUT2D eigenvalue weighted by Gasteiger charge is -2.24. The molecule has 0 bridgehead atoms. The Kier molecular flexibility index (Phi) is 27.2. The first-order chi connectivity index (χ1) is 28.0. The van der Waals surface area contributed by atoms with Gasteiger partial charge in [-0.05, 0) is 58.3 Å². The Balaban J connectivity index is 1.80. The molecule has 0 amide bonds. The molecule has 0 spiro atoms. The van der Waals surface area contributed by atoms with Gasteiger partial charge in [-0.1, -0.05) is 50.7 Å². The van der Waals surface area contributed by atoms with E-state index in [-0.39, 0.29) is 40.8 Å². The molecule has 0 fully saturated rings. The fourth-order valence-electron chi connectivity index (χ4n) is 6.36. The molecule has 0 saturated carbocycles. The fourth-order valence-corrected chi connectivity index (χ4v) is 6.36. The molecule has 14 heteroatoms. The Bertz CT molecular complexity index is 1380. The van der Waals surface area contributed by atoms with Crippen molar-refractivity contribution in [3.8, 4) is 46.0 Å². The van der Waals surface area contributed by atoms with E-state index in [0.29, 0.717) is 46.0 Å². The van der Waals surface area contributed by atoms with E-state index >= 15 is 0 Å². The van der Waals surface area contributed by atoms with Gasteiger partial charge in [0.25, 0.3) is 0 Å². The van der Waals surface area contributed by atoms with Gasteiger partial charge in [0, 0.05) is 65.4 Å². The first-order valence-electron chi connectivity index (χ1n) is 19.8. The highest BCUT2D eigenvalue weighted by atomic mass is 16.7. The number of hydrogen-bond donors (Lipinski definition) is 0. The van der Waals surface area contributed by atoms with Crippen molar-refractivity contribution in [3.05, 3.63) is 34.9 Å². The van der Waals surface area contributed by atoms with Gasteiger partial charge in [-0.15, -0.1) is 0 Å². The molecule has 2 rings (SSSR count). The van der Waals surface area contributed by atoms with Gasteiger partial charge in [-0.25, -0.2) is 0 Å². The van der Waals surface area contributed by atoms with Gasteiger partial charge < -0.3 is 66.3 Å². The average Bonchev–Trinajstić information content (AvgIpc) is 3.22. The van der Waals surface area contributed by atoms with Crippen molar-refractivity contribution >= 4 is 0 Å². The highest BCUT2D eigenvalue weighted by Gasteiger charge is 2.27. The highest BCUT2D eigenvalue weighted by Crippen LogP contribution is 2.49. The summed E-state index contributed by atoms with van der Waals surface area (Å²) >= 11 is 0. The monoisotopic (exact) mass is 810 g/mol. The van der Waals surface area contributed by atoms with Crippen molar-refractivity contribution < 1.29 is 66.3 Å². The van der Waals surface area contributed by atoms with Crippen LogP contribution >= 0.6 is 0 Å².